The highest BCUT2D eigenvalue weighted by molar-refractivity contribution is 7.80. The van der Waals surface area contributed by atoms with Gasteiger partial charge in [0.05, 0.1) is 5.56 Å². The molecule has 1 unspecified atom stereocenters. The van der Waals surface area contributed by atoms with E-state index in [1.165, 1.54) is 24.4 Å². The Morgan fingerprint density at radius 2 is 1.85 bits per heavy atom. The van der Waals surface area contributed by atoms with Gasteiger partial charge in [-0.15, -0.1) is 0 Å². The predicted octanol–water partition coefficient (Wildman–Crippen LogP) is 1.73. The number of pyridine rings is 1. The van der Waals surface area contributed by atoms with Crippen LogP contribution in [0.15, 0.2) is 42.6 Å². The highest BCUT2D eigenvalue weighted by atomic mass is 32.2. The molecule has 3 rings (SSSR count). The monoisotopic (exact) mass is 378 g/mol. The number of amides is 1. The van der Waals surface area contributed by atoms with Gasteiger partial charge in [-0.2, -0.15) is 0 Å². The maximum absolute atomic E-state index is 13.0. The smallest absolute Gasteiger partial charge is 0.260 e. The summed E-state index contributed by atoms with van der Waals surface area (Å²) in [7, 11) is 0. The van der Waals surface area contributed by atoms with Crippen LogP contribution < -0.4 is 4.72 Å². The van der Waals surface area contributed by atoms with E-state index in [1.807, 2.05) is 0 Å². The molecule has 2 N–H and O–H groups in total. The summed E-state index contributed by atoms with van der Waals surface area (Å²) in [6.07, 6.45) is 1.39. The fraction of sp³-hybridized carbons (Fsp3) is 0.294. The summed E-state index contributed by atoms with van der Waals surface area (Å²) >= 11 is -2.19. The number of hydrogen-bond donors (Lipinski definition) is 2. The molecule has 0 saturated carbocycles. The molecule has 1 saturated heterocycles. The van der Waals surface area contributed by atoms with Crippen LogP contribution in [0, 0.1) is 5.82 Å². The van der Waals surface area contributed by atoms with Gasteiger partial charge < -0.3 is 4.90 Å². The molecule has 1 aromatic heterocycles. The van der Waals surface area contributed by atoms with E-state index in [-0.39, 0.29) is 17.5 Å². The third kappa shape index (κ3) is 4.84. The lowest BCUT2D eigenvalue weighted by molar-refractivity contribution is 0.0628. The second-order valence-electron chi connectivity index (χ2n) is 5.98. The summed E-state index contributed by atoms with van der Waals surface area (Å²) < 4.78 is 34.6. The second-order valence-corrected chi connectivity index (χ2v) is 6.68. The number of nitrogens with one attached hydrogen (secondary N) is 1. The minimum Gasteiger partial charge on any atom is -0.336 e. The average Bonchev–Trinajstić information content (AvgIpc) is 2.64. The van der Waals surface area contributed by atoms with Gasteiger partial charge in [0.15, 0.2) is 0 Å². The lowest BCUT2D eigenvalue weighted by Crippen LogP contribution is -2.48. The number of benzene rings is 1. The molecule has 2 heterocycles. The number of halogens is 1. The summed E-state index contributed by atoms with van der Waals surface area (Å²) in [5.74, 6) is -0.133. The van der Waals surface area contributed by atoms with Crippen LogP contribution in [-0.4, -0.2) is 55.6 Å². The molecule has 0 spiro atoms. The molecule has 9 heteroatoms. The summed E-state index contributed by atoms with van der Waals surface area (Å²) in [6.45, 7) is 3.39. The zero-order valence-electron chi connectivity index (χ0n) is 14.0. The normalized spacial score (nSPS) is 16.3. The van der Waals surface area contributed by atoms with E-state index in [9.17, 15) is 13.4 Å². The van der Waals surface area contributed by atoms with Crippen LogP contribution in [0.1, 0.15) is 15.9 Å². The molecule has 7 nitrogen and oxygen atoms in total. The zero-order chi connectivity index (χ0) is 18.5. The molecule has 0 aliphatic carbocycles. The minimum atomic E-state index is -2.19. The van der Waals surface area contributed by atoms with Crippen molar-refractivity contribution in [3.8, 4) is 0 Å². The van der Waals surface area contributed by atoms with E-state index < -0.39 is 11.3 Å². The quantitative estimate of drug-likeness (QED) is 0.774. The number of carbonyl (C=O) groups excluding carboxylic acids is 1. The van der Waals surface area contributed by atoms with Gasteiger partial charge in [-0.05, 0) is 29.8 Å². The number of hydrogen-bond acceptors (Lipinski definition) is 4. The van der Waals surface area contributed by atoms with Gasteiger partial charge in [0.25, 0.3) is 17.2 Å². The number of piperazine rings is 1. The first-order valence-electron chi connectivity index (χ1n) is 8.11. The zero-order valence-corrected chi connectivity index (χ0v) is 14.8. The van der Waals surface area contributed by atoms with Crippen LogP contribution in [0.5, 0.6) is 0 Å². The van der Waals surface area contributed by atoms with Crippen molar-refractivity contribution in [1.29, 1.82) is 0 Å². The Morgan fingerprint density at radius 3 is 2.42 bits per heavy atom. The fourth-order valence-electron chi connectivity index (χ4n) is 2.81. The number of aromatic nitrogens is 1. The topological polar surface area (TPSA) is 85.8 Å². The Labute approximate surface area is 153 Å². The van der Waals surface area contributed by atoms with E-state index >= 15 is 0 Å². The van der Waals surface area contributed by atoms with Crippen LogP contribution in [0.2, 0.25) is 0 Å². The van der Waals surface area contributed by atoms with Gasteiger partial charge in [0.2, 0.25) is 0 Å². The van der Waals surface area contributed by atoms with E-state index in [0.29, 0.717) is 18.7 Å². The highest BCUT2D eigenvalue weighted by Crippen LogP contribution is 2.13. The molecule has 138 valence electrons. The molecule has 1 fully saturated rings. The molecule has 1 aliphatic rings. The Kier molecular flexibility index (Phi) is 5.92. The van der Waals surface area contributed by atoms with Crippen molar-refractivity contribution < 1.29 is 17.9 Å². The number of carbonyl (C=O) groups is 1. The molecule has 1 aromatic carbocycles. The van der Waals surface area contributed by atoms with E-state index in [4.69, 9.17) is 4.55 Å². The molecular formula is C17H19FN4O3S. The van der Waals surface area contributed by atoms with Gasteiger partial charge in [-0.3, -0.25) is 19.0 Å². The van der Waals surface area contributed by atoms with Crippen LogP contribution in [-0.2, 0) is 17.8 Å². The fourth-order valence-corrected chi connectivity index (χ4v) is 3.11. The second kappa shape index (κ2) is 8.35. The average molecular weight is 378 g/mol. The summed E-state index contributed by atoms with van der Waals surface area (Å²) in [5, 5.41) is 0. The summed E-state index contributed by atoms with van der Waals surface area (Å²) in [5.41, 5.74) is 1.48. The van der Waals surface area contributed by atoms with Crippen molar-refractivity contribution in [2.24, 2.45) is 0 Å². The van der Waals surface area contributed by atoms with Gasteiger partial charge in [0, 0.05) is 38.9 Å². The molecule has 1 aliphatic heterocycles. The van der Waals surface area contributed by atoms with E-state index in [0.717, 1.165) is 25.2 Å². The third-order valence-corrected chi connectivity index (χ3v) is 4.57. The highest BCUT2D eigenvalue weighted by Gasteiger charge is 2.22. The Hall–Kier alpha value is -2.36. The molecular weight excluding hydrogens is 359 g/mol. The standard InChI is InChI=1S/C17H19FN4O3S/c18-15-4-1-13(2-5-15)12-21-7-9-22(10-8-21)17(23)14-3-6-16(19-11-14)20-26(24)25/h1-6,11H,7-10,12H2,(H,19,20)(H,24,25). The maximum Gasteiger partial charge on any atom is 0.260 e. The Balaban J connectivity index is 1.53. The van der Waals surface area contributed by atoms with E-state index in [1.54, 1.807) is 23.1 Å². The predicted molar refractivity (Wildman–Crippen MR) is 96.2 cm³/mol. The SMILES string of the molecule is O=C(c1ccc(NS(=O)O)nc1)N1CCN(Cc2ccc(F)cc2)CC1. The van der Waals surface area contributed by atoms with Crippen LogP contribution in [0.4, 0.5) is 10.2 Å². The maximum atomic E-state index is 13.0. The van der Waals surface area contributed by atoms with Crippen molar-refractivity contribution in [1.82, 2.24) is 14.8 Å². The Bertz CT molecular complexity index is 778. The van der Waals surface area contributed by atoms with Gasteiger partial charge >= 0.3 is 0 Å². The largest absolute Gasteiger partial charge is 0.336 e. The first-order valence-corrected chi connectivity index (χ1v) is 9.21. The van der Waals surface area contributed by atoms with Crippen LogP contribution in [0.25, 0.3) is 0 Å². The van der Waals surface area contributed by atoms with Crippen molar-refractivity contribution in [2.75, 3.05) is 30.9 Å². The lowest BCUT2D eigenvalue weighted by Gasteiger charge is -2.34. The Morgan fingerprint density at radius 1 is 1.15 bits per heavy atom. The lowest BCUT2D eigenvalue weighted by atomic mass is 10.2. The van der Waals surface area contributed by atoms with E-state index in [2.05, 4.69) is 14.6 Å². The first kappa shape index (κ1) is 18.4. The first-order chi connectivity index (χ1) is 12.5. The molecule has 2 aromatic rings. The van der Waals surface area contributed by atoms with Crippen molar-refractivity contribution in [2.45, 2.75) is 6.54 Å². The van der Waals surface area contributed by atoms with Crippen LogP contribution in [0.3, 0.4) is 0 Å². The van der Waals surface area contributed by atoms with Crippen LogP contribution >= 0.6 is 0 Å². The number of nitrogens with zero attached hydrogens (tertiary/aromatic N) is 3. The molecule has 1 amide bonds. The van der Waals surface area contributed by atoms with Gasteiger partial charge in [-0.1, -0.05) is 12.1 Å². The van der Waals surface area contributed by atoms with Crippen molar-refractivity contribution in [3.05, 3.63) is 59.5 Å². The number of rotatable bonds is 5. The minimum absolute atomic E-state index is 0.115. The molecule has 0 bridgehead atoms. The molecule has 0 radical (unpaired) electrons. The molecule has 26 heavy (non-hydrogen) atoms. The van der Waals surface area contributed by atoms with Gasteiger partial charge in [0.1, 0.15) is 11.6 Å². The van der Waals surface area contributed by atoms with Gasteiger partial charge in [-0.25, -0.2) is 13.6 Å². The number of anilines is 1. The van der Waals surface area contributed by atoms with Crippen molar-refractivity contribution in [3.63, 3.8) is 0 Å². The van der Waals surface area contributed by atoms with Crippen molar-refractivity contribution >= 4 is 23.0 Å². The summed E-state index contributed by atoms with van der Waals surface area (Å²) in [4.78, 5) is 20.5. The third-order valence-electron chi connectivity index (χ3n) is 4.18. The molecule has 1 atom stereocenters. The summed E-state index contributed by atoms with van der Waals surface area (Å²) in [6, 6.07) is 9.52.